The predicted octanol–water partition coefficient (Wildman–Crippen LogP) is 7.43. The Bertz CT molecular complexity index is 433. The Morgan fingerprint density at radius 1 is 1.22 bits per heavy atom. The molecule has 132 valence electrons. The van der Waals surface area contributed by atoms with E-state index in [1.807, 2.05) is 0 Å². The molecule has 2 aliphatic carbocycles. The summed E-state index contributed by atoms with van der Waals surface area (Å²) >= 11 is 2.61. The molecule has 0 amide bonds. The smallest absolute Gasteiger partial charge is 0.105 e. The van der Waals surface area contributed by atoms with Gasteiger partial charge in [0, 0.05) is 3.92 Å². The van der Waals surface area contributed by atoms with E-state index in [1.165, 1.54) is 49.7 Å². The zero-order valence-electron chi connectivity index (χ0n) is 15.3. The summed E-state index contributed by atoms with van der Waals surface area (Å²) in [6, 6.07) is 0. The third-order valence-corrected chi connectivity index (χ3v) is 7.37. The first-order valence-corrected chi connectivity index (χ1v) is 10.6. The molecule has 0 N–H and O–H groups in total. The van der Waals surface area contributed by atoms with Gasteiger partial charge >= 0.3 is 0 Å². The van der Waals surface area contributed by atoms with E-state index < -0.39 is 5.67 Å². The van der Waals surface area contributed by atoms with Gasteiger partial charge in [-0.2, -0.15) is 0 Å². The number of rotatable bonds is 8. The van der Waals surface area contributed by atoms with Crippen molar-refractivity contribution in [1.82, 2.24) is 0 Å². The molecule has 0 nitrogen and oxygen atoms in total. The van der Waals surface area contributed by atoms with Gasteiger partial charge < -0.3 is 0 Å². The highest BCUT2D eigenvalue weighted by atomic mass is 127. The van der Waals surface area contributed by atoms with Gasteiger partial charge in [0.05, 0.1) is 0 Å². The summed E-state index contributed by atoms with van der Waals surface area (Å²) in [6.07, 6.45) is 10.6. The molecular formula is C21H34FI. The van der Waals surface area contributed by atoms with Crippen molar-refractivity contribution in [3.8, 4) is 0 Å². The van der Waals surface area contributed by atoms with E-state index in [1.54, 1.807) is 13.8 Å². The molecule has 2 fully saturated rings. The normalized spacial score (nSPS) is 28.2. The standard InChI is InChI=1S/C21H34FI/c1-15(10-11-20(4,5)22)14-16(2)17(3)21(12-13-21)18-6-8-19(23)9-7-18/h16,18-19H,1,3,6-14H2,2,4-5H3. The first-order valence-electron chi connectivity index (χ1n) is 9.33. The second-order valence-corrected chi connectivity index (χ2v) is 10.5. The molecule has 0 aliphatic heterocycles. The molecule has 0 bridgehead atoms. The van der Waals surface area contributed by atoms with Gasteiger partial charge in [0.2, 0.25) is 0 Å². The molecule has 1 atom stereocenters. The zero-order chi connectivity index (χ0) is 17.3. The van der Waals surface area contributed by atoms with E-state index >= 15 is 0 Å². The van der Waals surface area contributed by atoms with Crippen LogP contribution in [-0.4, -0.2) is 9.59 Å². The van der Waals surface area contributed by atoms with Crippen LogP contribution in [0.1, 0.15) is 78.6 Å². The van der Waals surface area contributed by atoms with Crippen molar-refractivity contribution >= 4 is 22.6 Å². The second-order valence-electron chi connectivity index (χ2n) is 8.70. The van der Waals surface area contributed by atoms with Crippen LogP contribution in [0.4, 0.5) is 4.39 Å². The molecule has 2 heteroatoms. The van der Waals surface area contributed by atoms with Gasteiger partial charge in [0.15, 0.2) is 0 Å². The summed E-state index contributed by atoms with van der Waals surface area (Å²) in [7, 11) is 0. The molecule has 2 rings (SSSR count). The Balaban J connectivity index is 1.86. The van der Waals surface area contributed by atoms with Crippen LogP contribution in [0.2, 0.25) is 0 Å². The van der Waals surface area contributed by atoms with Gasteiger partial charge in [-0.05, 0) is 88.9 Å². The van der Waals surface area contributed by atoms with Crippen LogP contribution in [0.15, 0.2) is 24.3 Å². The first kappa shape index (κ1) is 19.5. The van der Waals surface area contributed by atoms with Crippen LogP contribution in [0.3, 0.4) is 0 Å². The van der Waals surface area contributed by atoms with E-state index in [2.05, 4.69) is 42.7 Å². The van der Waals surface area contributed by atoms with E-state index in [0.29, 0.717) is 17.8 Å². The second kappa shape index (κ2) is 7.58. The van der Waals surface area contributed by atoms with E-state index in [0.717, 1.165) is 22.7 Å². The largest absolute Gasteiger partial charge is 0.244 e. The minimum atomic E-state index is -1.08. The van der Waals surface area contributed by atoms with Crippen molar-refractivity contribution in [2.45, 2.75) is 88.2 Å². The lowest BCUT2D eigenvalue weighted by Crippen LogP contribution is -2.26. The van der Waals surface area contributed by atoms with Crippen LogP contribution in [0.5, 0.6) is 0 Å². The van der Waals surface area contributed by atoms with Crippen molar-refractivity contribution in [3.63, 3.8) is 0 Å². The molecular weight excluding hydrogens is 398 g/mol. The molecule has 0 saturated heterocycles. The minimum Gasteiger partial charge on any atom is -0.244 e. The fourth-order valence-electron chi connectivity index (χ4n) is 4.35. The van der Waals surface area contributed by atoms with E-state index in [9.17, 15) is 4.39 Å². The summed E-state index contributed by atoms with van der Waals surface area (Å²) in [4.78, 5) is 0. The molecule has 2 saturated carbocycles. The fourth-order valence-corrected chi connectivity index (χ4v) is 5.07. The molecule has 2 aliphatic rings. The summed E-state index contributed by atoms with van der Waals surface area (Å²) in [5.74, 6) is 1.35. The predicted molar refractivity (Wildman–Crippen MR) is 108 cm³/mol. The van der Waals surface area contributed by atoms with Crippen LogP contribution in [0, 0.1) is 17.3 Å². The lowest BCUT2D eigenvalue weighted by Gasteiger charge is -2.36. The SMILES string of the molecule is C=C(CCC(C)(C)F)CC(C)C(=C)C1(C2CCC(I)CC2)CC1. The average Bonchev–Trinajstić information content (AvgIpc) is 3.26. The van der Waals surface area contributed by atoms with Crippen LogP contribution in [0.25, 0.3) is 0 Å². The maximum absolute atomic E-state index is 13.7. The summed E-state index contributed by atoms with van der Waals surface area (Å²) in [6.45, 7) is 14.3. The van der Waals surface area contributed by atoms with Crippen molar-refractivity contribution in [3.05, 3.63) is 24.3 Å². The molecule has 0 heterocycles. The van der Waals surface area contributed by atoms with Crippen LogP contribution in [-0.2, 0) is 0 Å². The van der Waals surface area contributed by atoms with Gasteiger partial charge in [-0.15, -0.1) is 0 Å². The van der Waals surface area contributed by atoms with E-state index in [4.69, 9.17) is 0 Å². The molecule has 0 aromatic carbocycles. The summed E-state index contributed by atoms with van der Waals surface area (Å²) in [5.41, 5.74) is 2.01. The zero-order valence-corrected chi connectivity index (χ0v) is 17.4. The third-order valence-electron chi connectivity index (χ3n) is 6.13. The van der Waals surface area contributed by atoms with Gasteiger partial charge in [-0.25, -0.2) is 4.39 Å². The lowest BCUT2D eigenvalue weighted by molar-refractivity contribution is 0.201. The van der Waals surface area contributed by atoms with Crippen molar-refractivity contribution in [2.24, 2.45) is 17.3 Å². The van der Waals surface area contributed by atoms with Crippen LogP contribution >= 0.6 is 22.6 Å². The van der Waals surface area contributed by atoms with Crippen molar-refractivity contribution in [1.29, 1.82) is 0 Å². The number of allylic oxidation sites excluding steroid dienone is 2. The number of hydrogen-bond donors (Lipinski definition) is 0. The Kier molecular flexibility index (Phi) is 6.41. The molecule has 0 spiro atoms. The van der Waals surface area contributed by atoms with Gasteiger partial charge in [0.1, 0.15) is 5.67 Å². The Hall–Kier alpha value is 0.140. The van der Waals surface area contributed by atoms with E-state index in [-0.39, 0.29) is 0 Å². The minimum absolute atomic E-state index is 0.440. The topological polar surface area (TPSA) is 0 Å². The van der Waals surface area contributed by atoms with Crippen molar-refractivity contribution in [2.75, 3.05) is 0 Å². The quantitative estimate of drug-likeness (QED) is 0.213. The fraction of sp³-hybridized carbons (Fsp3) is 0.810. The Labute approximate surface area is 156 Å². The van der Waals surface area contributed by atoms with Gasteiger partial charge in [-0.1, -0.05) is 53.8 Å². The monoisotopic (exact) mass is 432 g/mol. The highest BCUT2D eigenvalue weighted by Crippen LogP contribution is 2.62. The summed E-state index contributed by atoms with van der Waals surface area (Å²) in [5, 5.41) is 0. The number of alkyl halides is 2. The Morgan fingerprint density at radius 2 is 1.78 bits per heavy atom. The highest BCUT2D eigenvalue weighted by Gasteiger charge is 2.52. The summed E-state index contributed by atoms with van der Waals surface area (Å²) < 4.78 is 14.5. The maximum atomic E-state index is 13.7. The molecule has 23 heavy (non-hydrogen) atoms. The number of halogens is 2. The third kappa shape index (κ3) is 5.31. The molecule has 0 aromatic heterocycles. The average molecular weight is 432 g/mol. The van der Waals surface area contributed by atoms with Gasteiger partial charge in [-0.3, -0.25) is 0 Å². The van der Waals surface area contributed by atoms with Crippen LogP contribution < -0.4 is 0 Å². The Morgan fingerprint density at radius 3 is 2.26 bits per heavy atom. The lowest BCUT2D eigenvalue weighted by atomic mass is 9.70. The molecule has 1 unspecified atom stereocenters. The maximum Gasteiger partial charge on any atom is 0.105 e. The molecule has 0 radical (unpaired) electrons. The first-order chi connectivity index (χ1) is 10.6. The van der Waals surface area contributed by atoms with Crippen molar-refractivity contribution < 1.29 is 4.39 Å². The highest BCUT2D eigenvalue weighted by molar-refractivity contribution is 14.1. The molecule has 0 aromatic rings. The number of hydrogen-bond acceptors (Lipinski definition) is 0. The van der Waals surface area contributed by atoms with Gasteiger partial charge in [0.25, 0.3) is 0 Å².